The Morgan fingerprint density at radius 3 is 1.70 bits per heavy atom. The number of benzene rings is 3. The van der Waals surface area contributed by atoms with Gasteiger partial charge in [0, 0.05) is 11.1 Å². The first kappa shape index (κ1) is 14.9. The van der Waals surface area contributed by atoms with Crippen molar-refractivity contribution in [2.45, 2.75) is 0 Å². The van der Waals surface area contributed by atoms with Crippen molar-refractivity contribution in [1.29, 1.82) is 0 Å². The van der Waals surface area contributed by atoms with Crippen LogP contribution in [0.25, 0.3) is 0 Å². The lowest BCUT2D eigenvalue weighted by Crippen LogP contribution is -2.00. The Bertz CT molecular complexity index is 775. The molecule has 0 aliphatic heterocycles. The van der Waals surface area contributed by atoms with E-state index >= 15 is 0 Å². The summed E-state index contributed by atoms with van der Waals surface area (Å²) in [5, 5.41) is 0. The molecule has 3 heteroatoms. The third kappa shape index (κ3) is 3.58. The molecule has 0 unspecified atom stereocenters. The maximum absolute atomic E-state index is 12.3. The van der Waals surface area contributed by atoms with Gasteiger partial charge in [0.2, 0.25) is 0 Å². The monoisotopic (exact) mass is 304 g/mol. The van der Waals surface area contributed by atoms with Crippen LogP contribution in [-0.4, -0.2) is 12.9 Å². The molecule has 0 aliphatic carbocycles. The van der Waals surface area contributed by atoms with Crippen molar-refractivity contribution in [3.8, 4) is 17.2 Å². The number of hydrogen-bond acceptors (Lipinski definition) is 3. The lowest BCUT2D eigenvalue weighted by molar-refractivity contribution is 0.103. The molecule has 3 rings (SSSR count). The van der Waals surface area contributed by atoms with E-state index < -0.39 is 0 Å². The van der Waals surface area contributed by atoms with Crippen molar-refractivity contribution in [3.63, 3.8) is 0 Å². The first-order valence-corrected chi connectivity index (χ1v) is 7.28. The average molecular weight is 304 g/mol. The summed E-state index contributed by atoms with van der Waals surface area (Å²) in [6.07, 6.45) is 0. The van der Waals surface area contributed by atoms with Gasteiger partial charge in [-0.25, -0.2) is 0 Å². The van der Waals surface area contributed by atoms with Crippen LogP contribution in [0, 0.1) is 0 Å². The summed E-state index contributed by atoms with van der Waals surface area (Å²) in [5.41, 5.74) is 1.31. The number of carbonyl (C=O) groups excluding carboxylic acids is 1. The second-order valence-electron chi connectivity index (χ2n) is 5.00. The molecule has 0 saturated heterocycles. The normalized spacial score (nSPS) is 10.1. The summed E-state index contributed by atoms with van der Waals surface area (Å²) in [6, 6.07) is 23.7. The molecular formula is C20H16O3. The summed E-state index contributed by atoms with van der Waals surface area (Å²) in [6.45, 7) is 0. The van der Waals surface area contributed by atoms with Crippen LogP contribution in [0.5, 0.6) is 17.2 Å². The van der Waals surface area contributed by atoms with Gasteiger partial charge in [-0.05, 0) is 48.5 Å². The lowest BCUT2D eigenvalue weighted by atomic mass is 10.0. The summed E-state index contributed by atoms with van der Waals surface area (Å²) in [4.78, 5) is 12.3. The summed E-state index contributed by atoms with van der Waals surface area (Å²) in [5.74, 6) is 2.18. The largest absolute Gasteiger partial charge is 0.497 e. The number of hydrogen-bond donors (Lipinski definition) is 0. The van der Waals surface area contributed by atoms with Gasteiger partial charge in [0.15, 0.2) is 5.78 Å². The van der Waals surface area contributed by atoms with Gasteiger partial charge in [0.05, 0.1) is 7.11 Å². The second-order valence-corrected chi connectivity index (χ2v) is 5.00. The Labute approximate surface area is 135 Å². The molecule has 0 atom stereocenters. The first-order valence-electron chi connectivity index (χ1n) is 7.28. The molecule has 0 aromatic heterocycles. The minimum Gasteiger partial charge on any atom is -0.497 e. The highest BCUT2D eigenvalue weighted by atomic mass is 16.5. The van der Waals surface area contributed by atoms with E-state index in [-0.39, 0.29) is 5.78 Å². The SMILES string of the molecule is COc1ccc(Oc2ccc(C(=O)c3ccccc3)cc2)cc1. The fourth-order valence-electron chi connectivity index (χ4n) is 2.21. The molecule has 0 bridgehead atoms. The highest BCUT2D eigenvalue weighted by molar-refractivity contribution is 6.08. The van der Waals surface area contributed by atoms with Crippen molar-refractivity contribution < 1.29 is 14.3 Å². The molecule has 3 aromatic carbocycles. The zero-order valence-corrected chi connectivity index (χ0v) is 12.7. The molecule has 0 N–H and O–H groups in total. The average Bonchev–Trinajstić information content (AvgIpc) is 2.63. The predicted molar refractivity (Wildman–Crippen MR) is 89.4 cm³/mol. The van der Waals surface area contributed by atoms with E-state index in [2.05, 4.69) is 0 Å². The van der Waals surface area contributed by atoms with Gasteiger partial charge >= 0.3 is 0 Å². The Morgan fingerprint density at radius 2 is 1.13 bits per heavy atom. The molecule has 0 fully saturated rings. The zero-order chi connectivity index (χ0) is 16.1. The predicted octanol–water partition coefficient (Wildman–Crippen LogP) is 4.72. The van der Waals surface area contributed by atoms with Crippen LogP contribution in [0.2, 0.25) is 0 Å². The van der Waals surface area contributed by atoms with Crippen LogP contribution in [0.4, 0.5) is 0 Å². The van der Waals surface area contributed by atoms with Crippen LogP contribution < -0.4 is 9.47 Å². The van der Waals surface area contributed by atoms with Crippen molar-refractivity contribution in [3.05, 3.63) is 90.0 Å². The Kier molecular flexibility index (Phi) is 4.39. The molecule has 3 aromatic rings. The van der Waals surface area contributed by atoms with Crippen LogP contribution in [-0.2, 0) is 0 Å². The van der Waals surface area contributed by atoms with Crippen molar-refractivity contribution in [2.24, 2.45) is 0 Å². The van der Waals surface area contributed by atoms with Crippen LogP contribution in [0.15, 0.2) is 78.9 Å². The second kappa shape index (κ2) is 6.79. The van der Waals surface area contributed by atoms with Gasteiger partial charge in [0.25, 0.3) is 0 Å². The number of rotatable bonds is 5. The fourth-order valence-corrected chi connectivity index (χ4v) is 2.21. The van der Waals surface area contributed by atoms with Gasteiger partial charge in [-0.1, -0.05) is 30.3 Å². The molecular weight excluding hydrogens is 288 g/mol. The maximum Gasteiger partial charge on any atom is 0.193 e. The molecule has 0 radical (unpaired) electrons. The highest BCUT2D eigenvalue weighted by Gasteiger charge is 2.08. The van der Waals surface area contributed by atoms with Crippen LogP contribution in [0.1, 0.15) is 15.9 Å². The van der Waals surface area contributed by atoms with E-state index in [0.29, 0.717) is 22.6 Å². The van der Waals surface area contributed by atoms with Gasteiger partial charge in [-0.15, -0.1) is 0 Å². The van der Waals surface area contributed by atoms with Crippen molar-refractivity contribution in [1.82, 2.24) is 0 Å². The Morgan fingerprint density at radius 1 is 0.652 bits per heavy atom. The third-order valence-electron chi connectivity index (χ3n) is 3.45. The minimum atomic E-state index is 0.00148. The van der Waals surface area contributed by atoms with Crippen LogP contribution >= 0.6 is 0 Å². The lowest BCUT2D eigenvalue weighted by Gasteiger charge is -2.07. The van der Waals surface area contributed by atoms with E-state index in [4.69, 9.17) is 9.47 Å². The standard InChI is InChI=1S/C20H16O3/c1-22-17-11-13-19(14-12-17)23-18-9-7-16(8-10-18)20(21)15-5-3-2-4-6-15/h2-14H,1H3. The topological polar surface area (TPSA) is 35.5 Å². The molecule has 0 aliphatic rings. The first-order chi connectivity index (χ1) is 11.3. The molecule has 3 nitrogen and oxygen atoms in total. The van der Waals surface area contributed by atoms with Gasteiger partial charge in [-0.3, -0.25) is 4.79 Å². The van der Waals surface area contributed by atoms with E-state index in [0.717, 1.165) is 5.75 Å². The van der Waals surface area contributed by atoms with Crippen molar-refractivity contribution >= 4 is 5.78 Å². The number of carbonyl (C=O) groups is 1. The van der Waals surface area contributed by atoms with Crippen LogP contribution in [0.3, 0.4) is 0 Å². The quantitative estimate of drug-likeness (QED) is 0.640. The Balaban J connectivity index is 1.72. The van der Waals surface area contributed by atoms with E-state index in [1.807, 2.05) is 54.6 Å². The molecule has 23 heavy (non-hydrogen) atoms. The maximum atomic E-state index is 12.3. The molecule has 0 heterocycles. The molecule has 114 valence electrons. The van der Waals surface area contributed by atoms with E-state index in [1.54, 1.807) is 31.4 Å². The fraction of sp³-hybridized carbons (Fsp3) is 0.0500. The summed E-state index contributed by atoms with van der Waals surface area (Å²) < 4.78 is 10.9. The Hall–Kier alpha value is -3.07. The molecule has 0 amide bonds. The molecule has 0 spiro atoms. The third-order valence-corrected chi connectivity index (χ3v) is 3.45. The zero-order valence-electron chi connectivity index (χ0n) is 12.7. The number of methoxy groups -OCH3 is 1. The number of ether oxygens (including phenoxy) is 2. The van der Waals surface area contributed by atoms with Gasteiger partial charge in [-0.2, -0.15) is 0 Å². The minimum absolute atomic E-state index is 0.00148. The van der Waals surface area contributed by atoms with E-state index in [1.165, 1.54) is 0 Å². The highest BCUT2D eigenvalue weighted by Crippen LogP contribution is 2.24. The van der Waals surface area contributed by atoms with Gasteiger partial charge in [0.1, 0.15) is 17.2 Å². The number of ketones is 1. The molecule has 0 saturated carbocycles. The van der Waals surface area contributed by atoms with Gasteiger partial charge < -0.3 is 9.47 Å². The van der Waals surface area contributed by atoms with E-state index in [9.17, 15) is 4.79 Å². The smallest absolute Gasteiger partial charge is 0.193 e. The van der Waals surface area contributed by atoms with Crippen molar-refractivity contribution in [2.75, 3.05) is 7.11 Å². The summed E-state index contributed by atoms with van der Waals surface area (Å²) in [7, 11) is 1.62. The summed E-state index contributed by atoms with van der Waals surface area (Å²) >= 11 is 0.